The zero-order valence-electron chi connectivity index (χ0n) is 10.0. The van der Waals surface area contributed by atoms with Gasteiger partial charge in [0.05, 0.1) is 6.10 Å². The van der Waals surface area contributed by atoms with Crippen molar-refractivity contribution in [3.05, 3.63) is 23.8 Å². The van der Waals surface area contributed by atoms with Crippen LogP contribution in [0.2, 0.25) is 0 Å². The van der Waals surface area contributed by atoms with Gasteiger partial charge in [0.15, 0.2) is 0 Å². The van der Waals surface area contributed by atoms with E-state index in [4.69, 9.17) is 15.2 Å². The zero-order chi connectivity index (χ0) is 12.5. The summed E-state index contributed by atoms with van der Waals surface area (Å²) in [4.78, 5) is 11.4. The SMILES string of the molecule is NC1C(=O)Nc2cc(OCC3CCCO3)ccc21. The Bertz CT molecular complexity index is 469. The van der Waals surface area contributed by atoms with Crippen molar-refractivity contribution >= 4 is 11.6 Å². The molecule has 1 saturated heterocycles. The highest BCUT2D eigenvalue weighted by Crippen LogP contribution is 2.32. The Labute approximate surface area is 105 Å². The van der Waals surface area contributed by atoms with Gasteiger partial charge >= 0.3 is 0 Å². The fourth-order valence-electron chi connectivity index (χ4n) is 2.32. The number of ether oxygens (including phenoxy) is 2. The molecule has 1 amide bonds. The number of hydrogen-bond acceptors (Lipinski definition) is 4. The van der Waals surface area contributed by atoms with Gasteiger partial charge in [-0.05, 0) is 18.9 Å². The third kappa shape index (κ3) is 2.07. The first-order chi connectivity index (χ1) is 8.74. The van der Waals surface area contributed by atoms with Gasteiger partial charge in [-0.2, -0.15) is 0 Å². The van der Waals surface area contributed by atoms with Crippen LogP contribution in [0.1, 0.15) is 24.4 Å². The number of nitrogens with two attached hydrogens (primary N) is 1. The molecule has 5 nitrogen and oxygen atoms in total. The number of rotatable bonds is 3. The van der Waals surface area contributed by atoms with Gasteiger partial charge < -0.3 is 20.5 Å². The Morgan fingerprint density at radius 3 is 3.17 bits per heavy atom. The summed E-state index contributed by atoms with van der Waals surface area (Å²) in [5.41, 5.74) is 7.31. The molecular weight excluding hydrogens is 232 g/mol. The van der Waals surface area contributed by atoms with E-state index in [0.717, 1.165) is 36.4 Å². The van der Waals surface area contributed by atoms with Crippen LogP contribution in [0.4, 0.5) is 5.69 Å². The molecular formula is C13H16N2O3. The fraction of sp³-hybridized carbons (Fsp3) is 0.462. The first kappa shape index (κ1) is 11.5. The lowest BCUT2D eigenvalue weighted by Gasteiger charge is -2.12. The Morgan fingerprint density at radius 2 is 2.39 bits per heavy atom. The van der Waals surface area contributed by atoms with Crippen molar-refractivity contribution in [2.45, 2.75) is 25.0 Å². The van der Waals surface area contributed by atoms with Crippen molar-refractivity contribution in [2.24, 2.45) is 5.73 Å². The van der Waals surface area contributed by atoms with Crippen LogP contribution in [0, 0.1) is 0 Å². The fourth-order valence-corrected chi connectivity index (χ4v) is 2.32. The molecule has 2 unspecified atom stereocenters. The topological polar surface area (TPSA) is 73.6 Å². The smallest absolute Gasteiger partial charge is 0.245 e. The van der Waals surface area contributed by atoms with Crippen molar-refractivity contribution in [3.63, 3.8) is 0 Å². The van der Waals surface area contributed by atoms with Gasteiger partial charge in [-0.1, -0.05) is 6.07 Å². The van der Waals surface area contributed by atoms with Crippen LogP contribution in [0.15, 0.2) is 18.2 Å². The molecule has 2 atom stereocenters. The molecule has 5 heteroatoms. The second-order valence-corrected chi connectivity index (χ2v) is 4.66. The Kier molecular flexibility index (Phi) is 2.93. The van der Waals surface area contributed by atoms with E-state index in [2.05, 4.69) is 5.32 Å². The molecule has 0 aliphatic carbocycles. The monoisotopic (exact) mass is 248 g/mol. The quantitative estimate of drug-likeness (QED) is 0.842. The largest absolute Gasteiger partial charge is 0.491 e. The van der Waals surface area contributed by atoms with Crippen molar-refractivity contribution in [2.75, 3.05) is 18.5 Å². The van der Waals surface area contributed by atoms with E-state index >= 15 is 0 Å². The predicted octanol–water partition coefficient (Wildman–Crippen LogP) is 1.20. The van der Waals surface area contributed by atoms with E-state index < -0.39 is 6.04 Å². The van der Waals surface area contributed by atoms with Crippen LogP contribution in [-0.2, 0) is 9.53 Å². The molecule has 0 saturated carbocycles. The molecule has 1 fully saturated rings. The molecule has 2 aliphatic rings. The highest BCUT2D eigenvalue weighted by molar-refractivity contribution is 6.02. The molecule has 0 radical (unpaired) electrons. The molecule has 1 aromatic rings. The molecule has 0 aromatic heterocycles. The highest BCUT2D eigenvalue weighted by atomic mass is 16.5. The molecule has 96 valence electrons. The molecule has 2 heterocycles. The minimum Gasteiger partial charge on any atom is -0.491 e. The van der Waals surface area contributed by atoms with Crippen molar-refractivity contribution < 1.29 is 14.3 Å². The van der Waals surface area contributed by atoms with Crippen LogP contribution >= 0.6 is 0 Å². The predicted molar refractivity (Wildman–Crippen MR) is 66.5 cm³/mol. The van der Waals surface area contributed by atoms with E-state index in [1.165, 1.54) is 0 Å². The third-order valence-corrected chi connectivity index (χ3v) is 3.36. The summed E-state index contributed by atoms with van der Waals surface area (Å²) < 4.78 is 11.2. The molecule has 3 N–H and O–H groups in total. The number of anilines is 1. The number of fused-ring (bicyclic) bond motifs is 1. The first-order valence-corrected chi connectivity index (χ1v) is 6.19. The molecule has 3 rings (SSSR count). The van der Waals surface area contributed by atoms with Gasteiger partial charge in [0.25, 0.3) is 0 Å². The summed E-state index contributed by atoms with van der Waals surface area (Å²) >= 11 is 0. The third-order valence-electron chi connectivity index (χ3n) is 3.36. The van der Waals surface area contributed by atoms with Gasteiger partial charge in [-0.25, -0.2) is 0 Å². The van der Waals surface area contributed by atoms with Crippen molar-refractivity contribution in [1.82, 2.24) is 0 Å². The van der Waals surface area contributed by atoms with E-state index in [1.54, 1.807) is 0 Å². The van der Waals surface area contributed by atoms with Crippen LogP contribution in [0.3, 0.4) is 0 Å². The average molecular weight is 248 g/mol. The molecule has 1 aromatic carbocycles. The van der Waals surface area contributed by atoms with Crippen molar-refractivity contribution in [3.8, 4) is 5.75 Å². The summed E-state index contributed by atoms with van der Waals surface area (Å²) in [6.07, 6.45) is 2.34. The number of benzene rings is 1. The van der Waals surface area contributed by atoms with Crippen LogP contribution in [0.5, 0.6) is 5.75 Å². The lowest BCUT2D eigenvalue weighted by Crippen LogP contribution is -2.19. The first-order valence-electron chi connectivity index (χ1n) is 6.19. The molecule has 0 spiro atoms. The number of carbonyl (C=O) groups excluding carboxylic acids is 1. The van der Waals surface area contributed by atoms with Crippen molar-refractivity contribution in [1.29, 1.82) is 0 Å². The molecule has 18 heavy (non-hydrogen) atoms. The number of amides is 1. The van der Waals surface area contributed by atoms with E-state index in [1.807, 2.05) is 18.2 Å². The van der Waals surface area contributed by atoms with Crippen LogP contribution in [0.25, 0.3) is 0 Å². The van der Waals surface area contributed by atoms with E-state index in [-0.39, 0.29) is 12.0 Å². The Hall–Kier alpha value is -1.59. The second-order valence-electron chi connectivity index (χ2n) is 4.66. The van der Waals surface area contributed by atoms with E-state index in [0.29, 0.717) is 6.61 Å². The Morgan fingerprint density at radius 1 is 1.50 bits per heavy atom. The van der Waals surface area contributed by atoms with Gasteiger partial charge in [-0.3, -0.25) is 4.79 Å². The van der Waals surface area contributed by atoms with Gasteiger partial charge in [0.2, 0.25) is 5.91 Å². The maximum atomic E-state index is 11.4. The van der Waals surface area contributed by atoms with Crippen LogP contribution < -0.4 is 15.8 Å². The normalized spacial score (nSPS) is 25.9. The van der Waals surface area contributed by atoms with Gasteiger partial charge in [0.1, 0.15) is 18.4 Å². The summed E-state index contributed by atoms with van der Waals surface area (Å²) in [5, 5.41) is 2.74. The molecule has 2 aliphatic heterocycles. The van der Waals surface area contributed by atoms with Crippen LogP contribution in [-0.4, -0.2) is 25.2 Å². The Balaban J connectivity index is 1.67. The standard InChI is InChI=1S/C13H16N2O3/c14-12-10-4-3-8(6-11(10)15-13(12)16)18-7-9-2-1-5-17-9/h3-4,6,9,12H,1-2,5,7,14H2,(H,15,16). The maximum Gasteiger partial charge on any atom is 0.245 e. The van der Waals surface area contributed by atoms with Gasteiger partial charge in [0, 0.05) is 23.9 Å². The average Bonchev–Trinajstić information content (AvgIpc) is 2.97. The minimum absolute atomic E-state index is 0.165. The summed E-state index contributed by atoms with van der Waals surface area (Å²) in [6, 6.07) is 4.93. The maximum absolute atomic E-state index is 11.4. The molecule has 0 bridgehead atoms. The summed E-state index contributed by atoms with van der Waals surface area (Å²) in [7, 11) is 0. The van der Waals surface area contributed by atoms with Gasteiger partial charge in [-0.15, -0.1) is 0 Å². The lowest BCUT2D eigenvalue weighted by molar-refractivity contribution is -0.116. The zero-order valence-corrected chi connectivity index (χ0v) is 10.0. The highest BCUT2D eigenvalue weighted by Gasteiger charge is 2.27. The summed E-state index contributed by atoms with van der Waals surface area (Å²) in [6.45, 7) is 1.38. The summed E-state index contributed by atoms with van der Waals surface area (Å²) in [5.74, 6) is 0.569. The number of carbonyl (C=O) groups is 1. The van der Waals surface area contributed by atoms with E-state index in [9.17, 15) is 4.79 Å². The second kappa shape index (κ2) is 4.59. The number of nitrogens with one attached hydrogen (secondary N) is 1. The number of hydrogen-bond donors (Lipinski definition) is 2. The minimum atomic E-state index is -0.563. The lowest BCUT2D eigenvalue weighted by atomic mass is 10.1.